The summed E-state index contributed by atoms with van der Waals surface area (Å²) < 4.78 is 9.52. The molecule has 6 heteroatoms. The summed E-state index contributed by atoms with van der Waals surface area (Å²) in [6.45, 7) is 1.16. The first-order valence-electron chi connectivity index (χ1n) is 8.19. The van der Waals surface area contributed by atoms with Gasteiger partial charge in [-0.05, 0) is 29.7 Å². The maximum Gasteiger partial charge on any atom is 0.102 e. The fourth-order valence-corrected chi connectivity index (χ4v) is 4.40. The van der Waals surface area contributed by atoms with Gasteiger partial charge >= 0.3 is 0 Å². The van der Waals surface area contributed by atoms with Crippen molar-refractivity contribution in [3.8, 4) is 0 Å². The molecule has 3 nitrogen and oxygen atoms in total. The largest absolute Gasteiger partial charge is 0.366 e. The minimum atomic E-state index is -0.195. The molecule has 0 saturated heterocycles. The molecule has 2 heterocycles. The first kappa shape index (κ1) is 17.6. The molecular formula is C20H16Cl2N2OS. The summed E-state index contributed by atoms with van der Waals surface area (Å²) in [7, 11) is 0. The zero-order valence-electron chi connectivity index (χ0n) is 13.8. The normalized spacial score (nSPS) is 12.5. The molecule has 132 valence electrons. The van der Waals surface area contributed by atoms with E-state index in [1.165, 1.54) is 15.0 Å². The summed E-state index contributed by atoms with van der Waals surface area (Å²) in [5.74, 6) is 0. The smallest absolute Gasteiger partial charge is 0.102 e. The Morgan fingerprint density at radius 2 is 2.00 bits per heavy atom. The highest BCUT2D eigenvalue weighted by molar-refractivity contribution is 7.19. The second kappa shape index (κ2) is 7.80. The molecule has 0 radical (unpaired) electrons. The zero-order chi connectivity index (χ0) is 17.9. The number of benzene rings is 2. The first-order valence-corrected chi connectivity index (χ1v) is 9.76. The standard InChI is InChI=1S/C20H16Cl2N2OS/c21-15-5-6-17(18(22)10-15)19(11-24-8-7-23-13-24)25-12-16-9-14-3-1-2-4-20(14)26-16/h1-10,13,19H,11-12H2. The lowest BCUT2D eigenvalue weighted by molar-refractivity contribution is 0.0295. The molecule has 0 bridgehead atoms. The number of rotatable bonds is 6. The van der Waals surface area contributed by atoms with E-state index in [0.717, 1.165) is 5.56 Å². The summed E-state index contributed by atoms with van der Waals surface area (Å²) in [6, 6.07) is 16.0. The van der Waals surface area contributed by atoms with Crippen molar-refractivity contribution in [1.29, 1.82) is 0 Å². The van der Waals surface area contributed by atoms with E-state index in [4.69, 9.17) is 27.9 Å². The maximum atomic E-state index is 6.42. The van der Waals surface area contributed by atoms with Gasteiger partial charge in [-0.25, -0.2) is 4.98 Å². The fourth-order valence-electron chi connectivity index (χ4n) is 2.88. The van der Waals surface area contributed by atoms with Gasteiger partial charge in [0.2, 0.25) is 0 Å². The third kappa shape index (κ3) is 3.94. The molecule has 26 heavy (non-hydrogen) atoms. The number of ether oxygens (including phenoxy) is 1. The van der Waals surface area contributed by atoms with Crippen LogP contribution < -0.4 is 0 Å². The topological polar surface area (TPSA) is 27.1 Å². The Bertz CT molecular complexity index is 981. The van der Waals surface area contributed by atoms with Crippen molar-refractivity contribution < 1.29 is 4.74 Å². The van der Waals surface area contributed by atoms with Gasteiger partial charge in [-0.1, -0.05) is 47.5 Å². The predicted octanol–water partition coefficient (Wildman–Crippen LogP) is 6.36. The van der Waals surface area contributed by atoms with Crippen LogP contribution in [0.2, 0.25) is 10.0 Å². The van der Waals surface area contributed by atoms with Crippen LogP contribution >= 0.6 is 34.5 Å². The third-order valence-electron chi connectivity index (χ3n) is 4.15. The molecule has 0 amide bonds. The molecule has 1 unspecified atom stereocenters. The van der Waals surface area contributed by atoms with Gasteiger partial charge < -0.3 is 9.30 Å². The molecule has 2 aromatic carbocycles. The van der Waals surface area contributed by atoms with E-state index in [1.54, 1.807) is 29.9 Å². The zero-order valence-corrected chi connectivity index (χ0v) is 16.1. The molecule has 0 aliphatic rings. The number of thiophene rings is 1. The molecule has 0 N–H and O–H groups in total. The Labute approximate surface area is 165 Å². The van der Waals surface area contributed by atoms with E-state index >= 15 is 0 Å². The van der Waals surface area contributed by atoms with E-state index in [-0.39, 0.29) is 6.10 Å². The van der Waals surface area contributed by atoms with Crippen molar-refractivity contribution in [3.63, 3.8) is 0 Å². The number of fused-ring (bicyclic) bond motifs is 1. The second-order valence-electron chi connectivity index (χ2n) is 5.98. The lowest BCUT2D eigenvalue weighted by Crippen LogP contribution is -2.12. The Hall–Kier alpha value is -1.85. The average Bonchev–Trinajstić information content (AvgIpc) is 3.28. The van der Waals surface area contributed by atoms with Crippen molar-refractivity contribution in [2.45, 2.75) is 19.3 Å². The van der Waals surface area contributed by atoms with Gasteiger partial charge in [-0.2, -0.15) is 0 Å². The van der Waals surface area contributed by atoms with Crippen molar-refractivity contribution >= 4 is 44.6 Å². The van der Waals surface area contributed by atoms with Gasteiger partial charge in [-0.15, -0.1) is 11.3 Å². The summed E-state index contributed by atoms with van der Waals surface area (Å²) in [5, 5.41) is 2.47. The number of imidazole rings is 1. The van der Waals surface area contributed by atoms with Gasteiger partial charge in [-0.3, -0.25) is 0 Å². The Morgan fingerprint density at radius 1 is 1.12 bits per heavy atom. The molecule has 0 aliphatic heterocycles. The SMILES string of the molecule is Clc1ccc(C(Cn2ccnc2)OCc2cc3ccccc3s2)c(Cl)c1. The Kier molecular flexibility index (Phi) is 5.27. The molecule has 4 rings (SSSR count). The molecule has 4 aromatic rings. The number of nitrogens with zero attached hydrogens (tertiary/aromatic N) is 2. The van der Waals surface area contributed by atoms with Crippen LogP contribution in [0.5, 0.6) is 0 Å². The third-order valence-corrected chi connectivity index (χ3v) is 5.80. The molecular weight excluding hydrogens is 387 g/mol. The number of aromatic nitrogens is 2. The Balaban J connectivity index is 1.57. The minimum Gasteiger partial charge on any atom is -0.366 e. The number of hydrogen-bond acceptors (Lipinski definition) is 3. The van der Waals surface area contributed by atoms with E-state index in [0.29, 0.717) is 23.2 Å². The predicted molar refractivity (Wildman–Crippen MR) is 108 cm³/mol. The quantitative estimate of drug-likeness (QED) is 0.374. The van der Waals surface area contributed by atoms with Crippen LogP contribution in [0.4, 0.5) is 0 Å². The molecule has 2 aromatic heterocycles. The van der Waals surface area contributed by atoms with E-state index < -0.39 is 0 Å². The van der Waals surface area contributed by atoms with Crippen LogP contribution in [0.25, 0.3) is 10.1 Å². The highest BCUT2D eigenvalue weighted by Gasteiger charge is 2.17. The summed E-state index contributed by atoms with van der Waals surface area (Å²) >= 11 is 14.2. The summed E-state index contributed by atoms with van der Waals surface area (Å²) in [5.41, 5.74) is 0.922. The van der Waals surface area contributed by atoms with Crippen molar-refractivity contribution in [2.75, 3.05) is 0 Å². The highest BCUT2D eigenvalue weighted by Crippen LogP contribution is 2.32. The van der Waals surface area contributed by atoms with E-state index in [9.17, 15) is 0 Å². The van der Waals surface area contributed by atoms with Crippen molar-refractivity contribution in [3.05, 3.63) is 87.7 Å². The van der Waals surface area contributed by atoms with Crippen molar-refractivity contribution in [2.24, 2.45) is 0 Å². The lowest BCUT2D eigenvalue weighted by Gasteiger charge is -2.20. The van der Waals surface area contributed by atoms with E-state index in [1.807, 2.05) is 22.9 Å². The highest BCUT2D eigenvalue weighted by atomic mass is 35.5. The van der Waals surface area contributed by atoms with Gasteiger partial charge in [0.05, 0.1) is 19.5 Å². The fraction of sp³-hybridized carbons (Fsp3) is 0.150. The minimum absolute atomic E-state index is 0.195. The monoisotopic (exact) mass is 402 g/mol. The molecule has 0 saturated carbocycles. The van der Waals surface area contributed by atoms with Gasteiger partial charge in [0.15, 0.2) is 0 Å². The van der Waals surface area contributed by atoms with Crippen LogP contribution in [0.3, 0.4) is 0 Å². The van der Waals surface area contributed by atoms with Crippen LogP contribution in [0.1, 0.15) is 16.5 Å². The van der Waals surface area contributed by atoms with Crippen LogP contribution in [-0.4, -0.2) is 9.55 Å². The number of hydrogen-bond donors (Lipinski definition) is 0. The average molecular weight is 403 g/mol. The summed E-state index contributed by atoms with van der Waals surface area (Å²) in [4.78, 5) is 5.29. The summed E-state index contributed by atoms with van der Waals surface area (Å²) in [6.07, 6.45) is 5.25. The van der Waals surface area contributed by atoms with E-state index in [2.05, 4.69) is 35.3 Å². The van der Waals surface area contributed by atoms with Crippen molar-refractivity contribution in [1.82, 2.24) is 9.55 Å². The number of halogens is 2. The van der Waals surface area contributed by atoms with Crippen LogP contribution in [0.15, 0.2) is 67.3 Å². The van der Waals surface area contributed by atoms with Crippen LogP contribution in [0, 0.1) is 0 Å². The maximum absolute atomic E-state index is 6.42. The first-order chi connectivity index (χ1) is 12.7. The second-order valence-corrected chi connectivity index (χ2v) is 7.99. The molecule has 0 spiro atoms. The molecule has 1 atom stereocenters. The van der Waals surface area contributed by atoms with Crippen LogP contribution in [-0.2, 0) is 17.9 Å². The molecule has 0 fully saturated rings. The van der Waals surface area contributed by atoms with Gasteiger partial charge in [0.25, 0.3) is 0 Å². The molecule has 0 aliphatic carbocycles. The lowest BCUT2D eigenvalue weighted by atomic mass is 10.1. The van der Waals surface area contributed by atoms with Gasteiger partial charge in [0.1, 0.15) is 6.10 Å². The Morgan fingerprint density at radius 3 is 2.77 bits per heavy atom. The van der Waals surface area contributed by atoms with Gasteiger partial charge in [0, 0.05) is 37.6 Å².